The lowest BCUT2D eigenvalue weighted by atomic mass is 10.2. The third-order valence-electron chi connectivity index (χ3n) is 4.20. The van der Waals surface area contributed by atoms with Crippen molar-refractivity contribution in [2.75, 3.05) is 10.0 Å². The average Bonchev–Trinajstić information content (AvgIpc) is 2.75. The van der Waals surface area contributed by atoms with Crippen molar-refractivity contribution in [3.05, 3.63) is 84.4 Å². The number of benzene rings is 3. The zero-order valence-electron chi connectivity index (χ0n) is 16.0. The van der Waals surface area contributed by atoms with Crippen molar-refractivity contribution >= 4 is 37.1 Å². The van der Waals surface area contributed by atoms with Crippen LogP contribution in [0.1, 0.15) is 10.4 Å². The van der Waals surface area contributed by atoms with Crippen molar-refractivity contribution < 1.29 is 34.8 Å². The molecule has 0 bridgehead atoms. The van der Waals surface area contributed by atoms with Gasteiger partial charge in [0.05, 0.1) is 21.2 Å². The van der Waals surface area contributed by atoms with Crippen molar-refractivity contribution in [1.82, 2.24) is 0 Å². The molecule has 0 radical (unpaired) electrons. The summed E-state index contributed by atoms with van der Waals surface area (Å²) in [7, 11) is -9.49. The Morgan fingerprint density at radius 3 is 1.78 bits per heavy atom. The van der Waals surface area contributed by atoms with Crippen LogP contribution >= 0.6 is 0 Å². The molecule has 168 valence electrons. The van der Waals surface area contributed by atoms with Gasteiger partial charge in [-0.2, -0.15) is 13.2 Å². The van der Waals surface area contributed by atoms with E-state index in [1.165, 1.54) is 36.4 Å². The zero-order chi connectivity index (χ0) is 23.6. The predicted molar refractivity (Wildman–Crippen MR) is 111 cm³/mol. The molecular formula is C20H15F3N2O5S2. The molecule has 0 spiro atoms. The summed E-state index contributed by atoms with van der Waals surface area (Å²) in [6.45, 7) is 0. The Bertz CT molecular complexity index is 1340. The van der Waals surface area contributed by atoms with Gasteiger partial charge in [-0.3, -0.25) is 9.52 Å². The van der Waals surface area contributed by atoms with E-state index in [1.54, 1.807) is 18.2 Å². The van der Waals surface area contributed by atoms with Gasteiger partial charge in [0.15, 0.2) is 0 Å². The first-order valence-electron chi connectivity index (χ1n) is 8.81. The van der Waals surface area contributed by atoms with E-state index in [-0.39, 0.29) is 21.8 Å². The number of nitrogens with one attached hydrogen (secondary N) is 2. The first-order chi connectivity index (χ1) is 14.9. The van der Waals surface area contributed by atoms with Crippen molar-refractivity contribution in [1.29, 1.82) is 0 Å². The highest BCUT2D eigenvalue weighted by atomic mass is 32.2. The van der Waals surface area contributed by atoms with Crippen LogP contribution in [-0.2, 0) is 19.9 Å². The first-order valence-corrected chi connectivity index (χ1v) is 11.8. The maximum Gasteiger partial charge on any atom is 0.501 e. The number of hydrogen-bond acceptors (Lipinski definition) is 5. The third-order valence-corrected chi connectivity index (χ3v) is 7.09. The standard InChI is InChI=1S/C20H15F3N2O5S2/c21-20(22,23)31(27,28)15-12-10-14(11-13-15)19(26)24-17-8-4-5-9-18(17)25-32(29,30)16-6-2-1-3-7-16/h1-13,25H,(H,24,26). The van der Waals surface area contributed by atoms with Crippen molar-refractivity contribution in [2.24, 2.45) is 0 Å². The SMILES string of the molecule is O=C(Nc1ccccc1NS(=O)(=O)c1ccccc1)c1ccc(S(=O)(=O)C(F)(F)F)cc1. The summed E-state index contributed by atoms with van der Waals surface area (Å²) in [5.74, 6) is -0.785. The van der Waals surface area contributed by atoms with E-state index in [0.717, 1.165) is 12.1 Å². The number of hydrogen-bond donors (Lipinski definition) is 2. The number of halogens is 3. The average molecular weight is 484 g/mol. The molecule has 7 nitrogen and oxygen atoms in total. The highest BCUT2D eigenvalue weighted by Crippen LogP contribution is 2.30. The Hall–Kier alpha value is -3.38. The number of rotatable bonds is 6. The van der Waals surface area contributed by atoms with Crippen molar-refractivity contribution in [3.63, 3.8) is 0 Å². The minimum Gasteiger partial charge on any atom is -0.320 e. The number of carbonyl (C=O) groups is 1. The molecule has 3 rings (SSSR count). The fourth-order valence-electron chi connectivity index (χ4n) is 2.60. The van der Waals surface area contributed by atoms with Crippen LogP contribution in [0.3, 0.4) is 0 Å². The maximum absolute atomic E-state index is 12.6. The second-order valence-electron chi connectivity index (χ2n) is 6.39. The van der Waals surface area contributed by atoms with Crippen LogP contribution in [0.4, 0.5) is 24.5 Å². The van der Waals surface area contributed by atoms with Gasteiger partial charge in [0.25, 0.3) is 25.8 Å². The van der Waals surface area contributed by atoms with Gasteiger partial charge in [-0.1, -0.05) is 30.3 Å². The number of anilines is 2. The van der Waals surface area contributed by atoms with E-state index in [2.05, 4.69) is 10.0 Å². The lowest BCUT2D eigenvalue weighted by molar-refractivity contribution is -0.0436. The lowest BCUT2D eigenvalue weighted by Gasteiger charge is -2.14. The van der Waals surface area contributed by atoms with E-state index < -0.39 is 36.2 Å². The Labute approximate surface area is 181 Å². The molecular weight excluding hydrogens is 469 g/mol. The van der Waals surface area contributed by atoms with Gasteiger partial charge >= 0.3 is 5.51 Å². The largest absolute Gasteiger partial charge is 0.501 e. The highest BCUT2D eigenvalue weighted by molar-refractivity contribution is 7.92. The van der Waals surface area contributed by atoms with E-state index in [4.69, 9.17) is 0 Å². The Kier molecular flexibility index (Phi) is 6.28. The molecule has 3 aromatic carbocycles. The van der Waals surface area contributed by atoms with E-state index >= 15 is 0 Å². The Morgan fingerprint density at radius 1 is 0.688 bits per heavy atom. The summed E-state index contributed by atoms with van der Waals surface area (Å²) < 4.78 is 88.3. The maximum atomic E-state index is 12.6. The highest BCUT2D eigenvalue weighted by Gasteiger charge is 2.46. The Balaban J connectivity index is 1.82. The molecule has 0 aliphatic carbocycles. The summed E-state index contributed by atoms with van der Waals surface area (Å²) in [5, 5.41) is 2.45. The van der Waals surface area contributed by atoms with Gasteiger partial charge in [-0.15, -0.1) is 0 Å². The molecule has 0 heterocycles. The molecule has 0 saturated heterocycles. The molecule has 1 amide bonds. The number of sulfonamides is 1. The van der Waals surface area contributed by atoms with Crippen LogP contribution in [0, 0.1) is 0 Å². The fourth-order valence-corrected chi connectivity index (χ4v) is 4.46. The molecule has 32 heavy (non-hydrogen) atoms. The van der Waals surface area contributed by atoms with Gasteiger partial charge in [-0.05, 0) is 48.5 Å². The fraction of sp³-hybridized carbons (Fsp3) is 0.0500. The number of amides is 1. The van der Waals surface area contributed by atoms with Gasteiger partial charge < -0.3 is 5.32 Å². The second kappa shape index (κ2) is 8.63. The number of alkyl halides is 3. The van der Waals surface area contributed by atoms with Crippen LogP contribution in [0.5, 0.6) is 0 Å². The third kappa shape index (κ3) is 4.92. The summed E-state index contributed by atoms with van der Waals surface area (Å²) in [4.78, 5) is 11.5. The number of sulfone groups is 1. The molecule has 3 aromatic rings. The van der Waals surface area contributed by atoms with Crippen LogP contribution in [-0.4, -0.2) is 28.3 Å². The van der Waals surface area contributed by atoms with E-state index in [1.807, 2.05) is 0 Å². The second-order valence-corrected chi connectivity index (χ2v) is 10.0. The van der Waals surface area contributed by atoms with Crippen LogP contribution in [0.2, 0.25) is 0 Å². The van der Waals surface area contributed by atoms with Crippen molar-refractivity contribution in [2.45, 2.75) is 15.3 Å². The van der Waals surface area contributed by atoms with E-state index in [0.29, 0.717) is 12.1 Å². The van der Waals surface area contributed by atoms with E-state index in [9.17, 15) is 34.8 Å². The molecule has 0 saturated carbocycles. The normalized spacial score (nSPS) is 12.2. The minimum absolute atomic E-state index is 0.00240. The number of carbonyl (C=O) groups excluding carboxylic acids is 1. The lowest BCUT2D eigenvalue weighted by Crippen LogP contribution is -2.23. The van der Waals surface area contributed by atoms with Gasteiger partial charge in [0.1, 0.15) is 0 Å². The Morgan fingerprint density at radius 2 is 1.22 bits per heavy atom. The summed E-state index contributed by atoms with van der Waals surface area (Å²) in [5.41, 5.74) is -5.46. The molecule has 2 N–H and O–H groups in total. The predicted octanol–water partition coefficient (Wildman–Crippen LogP) is 4.03. The molecule has 0 aromatic heterocycles. The molecule has 0 atom stereocenters. The van der Waals surface area contributed by atoms with Gasteiger partial charge in [0, 0.05) is 5.56 Å². The molecule has 12 heteroatoms. The van der Waals surface area contributed by atoms with Gasteiger partial charge in [-0.25, -0.2) is 16.8 Å². The smallest absolute Gasteiger partial charge is 0.320 e. The quantitative estimate of drug-likeness (QED) is 0.549. The van der Waals surface area contributed by atoms with Crippen LogP contribution < -0.4 is 10.0 Å². The minimum atomic E-state index is -5.54. The van der Waals surface area contributed by atoms with Gasteiger partial charge in [0.2, 0.25) is 0 Å². The van der Waals surface area contributed by atoms with Crippen molar-refractivity contribution in [3.8, 4) is 0 Å². The summed E-state index contributed by atoms with van der Waals surface area (Å²) in [6, 6.07) is 16.6. The molecule has 0 fully saturated rings. The first kappa shape index (κ1) is 23.3. The monoisotopic (exact) mass is 484 g/mol. The summed E-state index contributed by atoms with van der Waals surface area (Å²) >= 11 is 0. The molecule has 0 unspecified atom stereocenters. The summed E-state index contributed by atoms with van der Waals surface area (Å²) in [6.07, 6.45) is 0. The van der Waals surface area contributed by atoms with Crippen LogP contribution in [0.15, 0.2) is 88.7 Å². The van der Waals surface area contributed by atoms with Crippen LogP contribution in [0.25, 0.3) is 0 Å². The zero-order valence-corrected chi connectivity index (χ0v) is 17.6. The molecule has 0 aliphatic rings. The number of para-hydroxylation sites is 2. The topological polar surface area (TPSA) is 109 Å². The molecule has 0 aliphatic heterocycles.